The molecule has 2 rings (SSSR count). The lowest BCUT2D eigenvalue weighted by atomic mass is 10.1. The molecule has 0 bridgehead atoms. The zero-order valence-corrected chi connectivity index (χ0v) is 11.9. The largest absolute Gasteiger partial charge is 0.384 e. The first-order chi connectivity index (χ1) is 9.74. The summed E-state index contributed by atoms with van der Waals surface area (Å²) in [6, 6.07) is 7.30. The average molecular weight is 271 g/mol. The molecule has 3 heteroatoms. The second kappa shape index (κ2) is 7.12. The van der Waals surface area contributed by atoms with Crippen LogP contribution in [0.5, 0.6) is 0 Å². The Morgan fingerprint density at radius 1 is 1.35 bits per heavy atom. The van der Waals surface area contributed by atoms with Crippen LogP contribution in [0.2, 0.25) is 0 Å². The number of amides is 1. The number of nitrogens with zero attached hydrogens (tertiary/aromatic N) is 1. The van der Waals surface area contributed by atoms with Crippen LogP contribution in [0.4, 0.5) is 0 Å². The first kappa shape index (κ1) is 14.6. The number of aliphatic hydroxyl groups is 1. The molecule has 1 aromatic rings. The van der Waals surface area contributed by atoms with Crippen LogP contribution >= 0.6 is 0 Å². The standard InChI is InChI=1S/C17H21NO2/c1-2-11-18(13-15-5-6-15)17(20)16-9-7-14(8-10-16)4-3-12-19/h7-10,15,19H,2,5-6,11-13H2,1H3. The maximum atomic E-state index is 12.5. The van der Waals surface area contributed by atoms with Crippen LogP contribution in [0.3, 0.4) is 0 Å². The van der Waals surface area contributed by atoms with Gasteiger partial charge in [0.1, 0.15) is 6.61 Å². The fourth-order valence-corrected chi connectivity index (χ4v) is 2.18. The van der Waals surface area contributed by atoms with E-state index in [9.17, 15) is 4.79 Å². The fraction of sp³-hybridized carbons (Fsp3) is 0.471. The summed E-state index contributed by atoms with van der Waals surface area (Å²) < 4.78 is 0. The van der Waals surface area contributed by atoms with E-state index in [1.54, 1.807) is 0 Å². The zero-order chi connectivity index (χ0) is 14.4. The molecule has 1 amide bonds. The van der Waals surface area contributed by atoms with Crippen LogP contribution in [-0.2, 0) is 0 Å². The van der Waals surface area contributed by atoms with Crippen molar-refractivity contribution >= 4 is 5.91 Å². The summed E-state index contributed by atoms with van der Waals surface area (Å²) in [7, 11) is 0. The second-order valence-corrected chi connectivity index (χ2v) is 5.23. The van der Waals surface area contributed by atoms with E-state index in [1.807, 2.05) is 29.2 Å². The highest BCUT2D eigenvalue weighted by Crippen LogP contribution is 2.30. The van der Waals surface area contributed by atoms with E-state index >= 15 is 0 Å². The number of benzene rings is 1. The third-order valence-electron chi connectivity index (χ3n) is 3.40. The molecule has 1 aliphatic carbocycles. The molecular weight excluding hydrogens is 250 g/mol. The Hall–Kier alpha value is -1.79. The Morgan fingerprint density at radius 2 is 2.05 bits per heavy atom. The molecule has 1 fully saturated rings. The van der Waals surface area contributed by atoms with E-state index in [4.69, 9.17) is 5.11 Å². The van der Waals surface area contributed by atoms with Crippen molar-refractivity contribution in [1.82, 2.24) is 4.90 Å². The van der Waals surface area contributed by atoms with E-state index in [2.05, 4.69) is 18.8 Å². The molecule has 0 atom stereocenters. The summed E-state index contributed by atoms with van der Waals surface area (Å²) in [6.45, 7) is 3.66. The molecule has 106 valence electrons. The van der Waals surface area contributed by atoms with Crippen molar-refractivity contribution < 1.29 is 9.90 Å². The number of carbonyl (C=O) groups is 1. The van der Waals surface area contributed by atoms with Crippen molar-refractivity contribution in [3.63, 3.8) is 0 Å². The van der Waals surface area contributed by atoms with Gasteiger partial charge in [-0.15, -0.1) is 0 Å². The predicted octanol–water partition coefficient (Wildman–Crippen LogP) is 2.29. The number of aliphatic hydroxyl groups excluding tert-OH is 1. The molecular formula is C17H21NO2. The molecule has 20 heavy (non-hydrogen) atoms. The second-order valence-electron chi connectivity index (χ2n) is 5.23. The van der Waals surface area contributed by atoms with Crippen molar-refractivity contribution in [3.05, 3.63) is 35.4 Å². The Bertz CT molecular complexity index is 506. The number of rotatable bonds is 5. The van der Waals surface area contributed by atoms with Crippen LogP contribution in [0.1, 0.15) is 42.1 Å². The maximum Gasteiger partial charge on any atom is 0.253 e. The van der Waals surface area contributed by atoms with Crippen LogP contribution < -0.4 is 0 Å². The molecule has 1 N–H and O–H groups in total. The molecule has 0 aromatic heterocycles. The van der Waals surface area contributed by atoms with Gasteiger partial charge >= 0.3 is 0 Å². The number of carbonyl (C=O) groups excluding carboxylic acids is 1. The van der Waals surface area contributed by atoms with E-state index < -0.39 is 0 Å². The van der Waals surface area contributed by atoms with Crippen molar-refractivity contribution in [2.24, 2.45) is 5.92 Å². The Balaban J connectivity index is 2.05. The van der Waals surface area contributed by atoms with Gasteiger partial charge in [-0.2, -0.15) is 0 Å². The van der Waals surface area contributed by atoms with Gasteiger partial charge in [-0.1, -0.05) is 18.8 Å². The van der Waals surface area contributed by atoms with Crippen molar-refractivity contribution in [1.29, 1.82) is 0 Å². The quantitative estimate of drug-likeness (QED) is 0.835. The van der Waals surface area contributed by atoms with E-state index in [0.717, 1.165) is 25.1 Å². The third-order valence-corrected chi connectivity index (χ3v) is 3.40. The predicted molar refractivity (Wildman–Crippen MR) is 79.3 cm³/mol. The van der Waals surface area contributed by atoms with Gasteiger partial charge in [0.05, 0.1) is 0 Å². The summed E-state index contributed by atoms with van der Waals surface area (Å²) in [5.41, 5.74) is 1.54. The summed E-state index contributed by atoms with van der Waals surface area (Å²) in [4.78, 5) is 14.4. The van der Waals surface area contributed by atoms with Gasteiger partial charge in [0, 0.05) is 24.2 Å². The van der Waals surface area contributed by atoms with E-state index in [-0.39, 0.29) is 12.5 Å². The van der Waals surface area contributed by atoms with Gasteiger partial charge in [0.25, 0.3) is 5.91 Å². The summed E-state index contributed by atoms with van der Waals surface area (Å²) >= 11 is 0. The van der Waals surface area contributed by atoms with Crippen LogP contribution in [-0.4, -0.2) is 35.6 Å². The monoisotopic (exact) mass is 271 g/mol. The van der Waals surface area contributed by atoms with E-state index in [1.165, 1.54) is 12.8 Å². The smallest absolute Gasteiger partial charge is 0.253 e. The Kier molecular flexibility index (Phi) is 5.20. The highest BCUT2D eigenvalue weighted by atomic mass is 16.2. The minimum atomic E-state index is -0.146. The van der Waals surface area contributed by atoms with Crippen LogP contribution in [0.25, 0.3) is 0 Å². The molecule has 3 nitrogen and oxygen atoms in total. The van der Waals surface area contributed by atoms with Gasteiger partial charge in [-0.25, -0.2) is 0 Å². The lowest BCUT2D eigenvalue weighted by Crippen LogP contribution is -2.33. The molecule has 0 unspecified atom stereocenters. The van der Waals surface area contributed by atoms with Gasteiger partial charge in [-0.3, -0.25) is 4.79 Å². The highest BCUT2D eigenvalue weighted by molar-refractivity contribution is 5.94. The first-order valence-corrected chi connectivity index (χ1v) is 7.23. The van der Waals surface area contributed by atoms with Crippen molar-refractivity contribution in [2.75, 3.05) is 19.7 Å². The molecule has 0 spiro atoms. The number of hydrogen-bond donors (Lipinski definition) is 1. The van der Waals surface area contributed by atoms with Gasteiger partial charge in [-0.05, 0) is 49.4 Å². The summed E-state index contributed by atoms with van der Waals surface area (Å²) in [5.74, 6) is 6.25. The molecule has 1 aliphatic rings. The fourth-order valence-electron chi connectivity index (χ4n) is 2.18. The Morgan fingerprint density at radius 3 is 2.60 bits per heavy atom. The molecule has 1 saturated carbocycles. The molecule has 0 radical (unpaired) electrons. The van der Waals surface area contributed by atoms with Crippen molar-refractivity contribution in [3.8, 4) is 11.8 Å². The van der Waals surface area contributed by atoms with Crippen LogP contribution in [0, 0.1) is 17.8 Å². The maximum absolute atomic E-state index is 12.5. The topological polar surface area (TPSA) is 40.5 Å². The van der Waals surface area contributed by atoms with Crippen LogP contribution in [0.15, 0.2) is 24.3 Å². The first-order valence-electron chi connectivity index (χ1n) is 7.23. The lowest BCUT2D eigenvalue weighted by molar-refractivity contribution is 0.0747. The third kappa shape index (κ3) is 4.11. The zero-order valence-electron chi connectivity index (χ0n) is 11.9. The summed E-state index contributed by atoms with van der Waals surface area (Å²) in [5, 5.41) is 8.66. The average Bonchev–Trinajstić information content (AvgIpc) is 3.28. The van der Waals surface area contributed by atoms with E-state index in [0.29, 0.717) is 11.5 Å². The minimum absolute atomic E-state index is 0.111. The summed E-state index contributed by atoms with van der Waals surface area (Å²) in [6.07, 6.45) is 3.49. The minimum Gasteiger partial charge on any atom is -0.384 e. The SMILES string of the molecule is CCCN(CC1CC1)C(=O)c1ccc(C#CCO)cc1. The lowest BCUT2D eigenvalue weighted by Gasteiger charge is -2.22. The Labute approximate surface area is 120 Å². The molecule has 0 saturated heterocycles. The molecule has 0 heterocycles. The van der Waals surface area contributed by atoms with Gasteiger partial charge in [0.15, 0.2) is 0 Å². The van der Waals surface area contributed by atoms with Crippen molar-refractivity contribution in [2.45, 2.75) is 26.2 Å². The van der Waals surface area contributed by atoms with Gasteiger partial charge in [0.2, 0.25) is 0 Å². The normalized spacial score (nSPS) is 13.5. The highest BCUT2D eigenvalue weighted by Gasteiger charge is 2.26. The van der Waals surface area contributed by atoms with Gasteiger partial charge < -0.3 is 10.0 Å². The number of hydrogen-bond acceptors (Lipinski definition) is 2. The molecule has 1 aromatic carbocycles. The molecule has 0 aliphatic heterocycles.